The van der Waals surface area contributed by atoms with Crippen molar-refractivity contribution < 1.29 is 22.6 Å². The van der Waals surface area contributed by atoms with Gasteiger partial charge in [-0.15, -0.1) is 0 Å². The van der Waals surface area contributed by atoms with Crippen LogP contribution in [0.3, 0.4) is 0 Å². The third-order valence-corrected chi connectivity index (χ3v) is 6.95. The van der Waals surface area contributed by atoms with Gasteiger partial charge in [0.2, 0.25) is 5.95 Å². The first-order valence-electron chi connectivity index (χ1n) is 10.7. The summed E-state index contributed by atoms with van der Waals surface area (Å²) in [4.78, 5) is 20.7. The van der Waals surface area contributed by atoms with E-state index in [4.69, 9.17) is 9.47 Å². The van der Waals surface area contributed by atoms with Crippen LogP contribution in [0.5, 0.6) is 0 Å². The molecule has 4 aliphatic rings. The number of rotatable bonds is 4. The zero-order valence-electron chi connectivity index (χ0n) is 17.0. The summed E-state index contributed by atoms with van der Waals surface area (Å²) in [5, 5.41) is 0. The minimum absolute atomic E-state index is 0.00285. The molecule has 10 heteroatoms. The molecule has 4 heterocycles. The number of morpholine rings is 1. The topological polar surface area (TPSA) is 59.8 Å². The molecule has 0 radical (unpaired) electrons. The van der Waals surface area contributed by atoms with E-state index in [9.17, 15) is 18.0 Å². The van der Waals surface area contributed by atoms with Gasteiger partial charge in [-0.1, -0.05) is 0 Å². The van der Waals surface area contributed by atoms with Crippen LogP contribution >= 0.6 is 0 Å². The molecule has 2 unspecified atom stereocenters. The molecule has 3 atom stereocenters. The van der Waals surface area contributed by atoms with Crippen molar-refractivity contribution in [2.45, 2.75) is 63.0 Å². The number of aromatic nitrogens is 2. The first kappa shape index (κ1) is 20.1. The maximum Gasteiger partial charge on any atom is 0.408 e. The van der Waals surface area contributed by atoms with Crippen molar-refractivity contribution in [1.29, 1.82) is 0 Å². The molecular formula is C20H27F3N4O3. The molecule has 0 N–H and O–H groups in total. The SMILES string of the molecule is C[C@@H]1COCCN1c1cc(=O)n2c(n1)N(CC1(C3CC3)CCO1)C(C(F)(F)F)CC2. The van der Waals surface area contributed by atoms with Gasteiger partial charge in [-0.3, -0.25) is 9.36 Å². The largest absolute Gasteiger partial charge is 0.408 e. The van der Waals surface area contributed by atoms with E-state index in [0.29, 0.717) is 38.1 Å². The number of ether oxygens (including phenoxy) is 2. The Labute approximate surface area is 172 Å². The Kier molecular flexibility index (Phi) is 4.77. The highest BCUT2D eigenvalue weighted by molar-refractivity contribution is 5.48. The van der Waals surface area contributed by atoms with E-state index in [1.54, 1.807) is 0 Å². The predicted octanol–water partition coefficient (Wildman–Crippen LogP) is 2.18. The lowest BCUT2D eigenvalue weighted by Gasteiger charge is -2.49. The average Bonchev–Trinajstić information content (AvgIpc) is 3.49. The molecule has 30 heavy (non-hydrogen) atoms. The predicted molar refractivity (Wildman–Crippen MR) is 104 cm³/mol. The third-order valence-electron chi connectivity index (χ3n) is 6.95. The van der Waals surface area contributed by atoms with E-state index in [-0.39, 0.29) is 37.1 Å². The second-order valence-corrected chi connectivity index (χ2v) is 8.93. The second-order valence-electron chi connectivity index (χ2n) is 8.93. The minimum Gasteiger partial charge on any atom is -0.377 e. The van der Waals surface area contributed by atoms with Gasteiger partial charge in [-0.25, -0.2) is 0 Å². The van der Waals surface area contributed by atoms with E-state index in [2.05, 4.69) is 4.98 Å². The van der Waals surface area contributed by atoms with E-state index in [1.807, 2.05) is 11.8 Å². The van der Waals surface area contributed by atoms with E-state index in [1.165, 1.54) is 15.5 Å². The number of halogens is 3. The summed E-state index contributed by atoms with van der Waals surface area (Å²) < 4.78 is 54.7. The van der Waals surface area contributed by atoms with Crippen LogP contribution in [0.2, 0.25) is 0 Å². The molecule has 0 aromatic carbocycles. The Morgan fingerprint density at radius 2 is 2.00 bits per heavy atom. The van der Waals surface area contributed by atoms with Gasteiger partial charge in [0.05, 0.1) is 38.0 Å². The average molecular weight is 428 g/mol. The van der Waals surface area contributed by atoms with Crippen LogP contribution in [0.1, 0.15) is 32.6 Å². The Balaban J connectivity index is 1.56. The zero-order chi connectivity index (χ0) is 21.1. The Bertz CT molecular complexity index is 866. The van der Waals surface area contributed by atoms with Crippen molar-refractivity contribution in [3.8, 4) is 0 Å². The highest BCUT2D eigenvalue weighted by Crippen LogP contribution is 2.50. The number of fused-ring (bicyclic) bond motifs is 1. The first-order valence-corrected chi connectivity index (χ1v) is 10.7. The lowest BCUT2D eigenvalue weighted by atomic mass is 9.87. The van der Waals surface area contributed by atoms with Crippen molar-refractivity contribution in [2.75, 3.05) is 42.7 Å². The lowest BCUT2D eigenvalue weighted by molar-refractivity contribution is -0.173. The molecule has 0 amide bonds. The molecule has 3 fully saturated rings. The fraction of sp³-hybridized carbons (Fsp3) is 0.800. The van der Waals surface area contributed by atoms with E-state index >= 15 is 0 Å². The van der Waals surface area contributed by atoms with Crippen molar-refractivity contribution in [1.82, 2.24) is 9.55 Å². The summed E-state index contributed by atoms with van der Waals surface area (Å²) in [6, 6.07) is -0.230. The lowest BCUT2D eigenvalue weighted by Crippen LogP contribution is -2.61. The molecule has 2 saturated heterocycles. The van der Waals surface area contributed by atoms with Gasteiger partial charge in [0, 0.05) is 25.6 Å². The van der Waals surface area contributed by atoms with Gasteiger partial charge in [-0.2, -0.15) is 18.2 Å². The molecule has 1 aromatic heterocycles. The van der Waals surface area contributed by atoms with Crippen LogP contribution in [-0.4, -0.2) is 66.3 Å². The number of hydrogen-bond acceptors (Lipinski definition) is 6. The quantitative estimate of drug-likeness (QED) is 0.733. The molecule has 0 spiro atoms. The summed E-state index contributed by atoms with van der Waals surface area (Å²) in [6.07, 6.45) is -1.85. The molecule has 7 nitrogen and oxygen atoms in total. The Morgan fingerprint density at radius 3 is 2.60 bits per heavy atom. The van der Waals surface area contributed by atoms with Gasteiger partial charge < -0.3 is 19.3 Å². The summed E-state index contributed by atoms with van der Waals surface area (Å²) in [7, 11) is 0. The highest BCUT2D eigenvalue weighted by Gasteiger charge is 2.55. The zero-order valence-corrected chi connectivity index (χ0v) is 17.0. The third kappa shape index (κ3) is 3.37. The maximum absolute atomic E-state index is 14.0. The molecular weight excluding hydrogens is 401 g/mol. The Morgan fingerprint density at radius 1 is 1.23 bits per heavy atom. The van der Waals surface area contributed by atoms with Crippen LogP contribution in [0.15, 0.2) is 10.9 Å². The van der Waals surface area contributed by atoms with Gasteiger partial charge in [0.25, 0.3) is 5.56 Å². The van der Waals surface area contributed by atoms with Gasteiger partial charge in [-0.05, 0) is 32.1 Å². The van der Waals surface area contributed by atoms with Gasteiger partial charge in [0.15, 0.2) is 0 Å². The van der Waals surface area contributed by atoms with Gasteiger partial charge in [0.1, 0.15) is 11.9 Å². The highest BCUT2D eigenvalue weighted by atomic mass is 19.4. The van der Waals surface area contributed by atoms with E-state index < -0.39 is 17.8 Å². The fourth-order valence-electron chi connectivity index (χ4n) is 5.03. The Hall–Kier alpha value is -1.81. The smallest absolute Gasteiger partial charge is 0.377 e. The van der Waals surface area contributed by atoms with Crippen LogP contribution in [0, 0.1) is 5.92 Å². The van der Waals surface area contributed by atoms with Crippen molar-refractivity contribution in [3.63, 3.8) is 0 Å². The van der Waals surface area contributed by atoms with Crippen LogP contribution in [0.4, 0.5) is 24.9 Å². The monoisotopic (exact) mass is 428 g/mol. The standard InChI is InChI=1S/C20H27F3N4O3/c1-13-11-29-9-7-25(13)16-10-17(28)26-6-4-15(20(21,22)23)27(18(26)24-16)12-19(5-8-30-19)14-2-3-14/h10,13-15H,2-9,11-12H2,1H3/t13-,15?,19?/m1/s1. The summed E-state index contributed by atoms with van der Waals surface area (Å²) in [5.74, 6) is 0.829. The minimum atomic E-state index is -4.40. The number of anilines is 2. The van der Waals surface area contributed by atoms with Crippen molar-refractivity contribution >= 4 is 11.8 Å². The van der Waals surface area contributed by atoms with Gasteiger partial charge >= 0.3 is 6.18 Å². The number of alkyl halides is 3. The molecule has 166 valence electrons. The summed E-state index contributed by atoms with van der Waals surface area (Å²) >= 11 is 0. The van der Waals surface area contributed by atoms with Crippen molar-refractivity contribution in [3.05, 3.63) is 16.4 Å². The van der Waals surface area contributed by atoms with Crippen LogP contribution < -0.4 is 15.4 Å². The number of hydrogen-bond donors (Lipinski definition) is 0. The first-order chi connectivity index (χ1) is 14.3. The molecule has 1 aromatic rings. The molecule has 1 aliphatic carbocycles. The van der Waals surface area contributed by atoms with E-state index in [0.717, 1.165) is 19.3 Å². The molecule has 3 aliphatic heterocycles. The number of nitrogens with zero attached hydrogens (tertiary/aromatic N) is 4. The molecule has 0 bridgehead atoms. The normalized spacial score (nSPS) is 32.0. The second kappa shape index (κ2) is 7.12. The van der Waals surface area contributed by atoms with Crippen LogP contribution in [-0.2, 0) is 16.0 Å². The van der Waals surface area contributed by atoms with Crippen molar-refractivity contribution in [2.24, 2.45) is 5.92 Å². The molecule has 1 saturated carbocycles. The summed E-state index contributed by atoms with van der Waals surface area (Å²) in [5.41, 5.74) is -0.861. The van der Waals surface area contributed by atoms with Crippen LogP contribution in [0.25, 0.3) is 0 Å². The fourth-order valence-corrected chi connectivity index (χ4v) is 5.03. The molecule has 5 rings (SSSR count). The summed E-state index contributed by atoms with van der Waals surface area (Å²) in [6.45, 7) is 4.21. The maximum atomic E-state index is 14.0.